The molecule has 1 aliphatic heterocycles. The minimum Gasteiger partial charge on any atom is -0.481 e. The SMILES string of the molecule is CCCC(CCNc1ccccc1C1(O)CCN(c2ncc(C(C)(C)F)cn2)CC1)COc1cc(C(CC(=O)O)C2CC2)ccn1. The number of ether oxygens (including phenoxy) is 1. The van der Waals surface area contributed by atoms with Gasteiger partial charge in [0.15, 0.2) is 0 Å². The van der Waals surface area contributed by atoms with Crippen molar-refractivity contribution < 1.29 is 24.1 Å². The number of anilines is 2. The third-order valence-corrected chi connectivity index (χ3v) is 9.43. The Hall–Kier alpha value is -3.79. The number of para-hydroxylation sites is 1. The van der Waals surface area contributed by atoms with Crippen molar-refractivity contribution in [3.05, 3.63) is 71.7 Å². The molecule has 1 aromatic carbocycles. The molecule has 46 heavy (non-hydrogen) atoms. The van der Waals surface area contributed by atoms with Crippen LogP contribution in [0.2, 0.25) is 0 Å². The van der Waals surface area contributed by atoms with Crippen LogP contribution in [0.4, 0.5) is 16.0 Å². The Bertz CT molecular complexity index is 1430. The maximum absolute atomic E-state index is 14.2. The van der Waals surface area contributed by atoms with Gasteiger partial charge in [0.2, 0.25) is 11.8 Å². The van der Waals surface area contributed by atoms with Gasteiger partial charge in [-0.05, 0) is 87.8 Å². The summed E-state index contributed by atoms with van der Waals surface area (Å²) in [6, 6.07) is 11.8. The lowest BCUT2D eigenvalue weighted by Crippen LogP contribution is -2.43. The molecule has 2 aromatic heterocycles. The van der Waals surface area contributed by atoms with Crippen LogP contribution in [0.15, 0.2) is 55.0 Å². The number of carboxylic acid groups (broad SMARTS) is 1. The van der Waals surface area contributed by atoms with Crippen LogP contribution in [0.5, 0.6) is 5.88 Å². The molecule has 1 saturated carbocycles. The van der Waals surface area contributed by atoms with Crippen molar-refractivity contribution in [3.8, 4) is 5.88 Å². The van der Waals surface area contributed by atoms with Crippen LogP contribution in [-0.2, 0) is 16.1 Å². The van der Waals surface area contributed by atoms with E-state index in [0.29, 0.717) is 61.8 Å². The van der Waals surface area contributed by atoms with Crippen LogP contribution in [0, 0.1) is 11.8 Å². The van der Waals surface area contributed by atoms with E-state index in [1.165, 1.54) is 13.8 Å². The van der Waals surface area contributed by atoms with Gasteiger partial charge < -0.3 is 25.2 Å². The van der Waals surface area contributed by atoms with E-state index < -0.39 is 17.2 Å². The summed E-state index contributed by atoms with van der Waals surface area (Å²) in [5, 5.41) is 24.8. The first kappa shape index (κ1) is 33.6. The lowest BCUT2D eigenvalue weighted by molar-refractivity contribution is -0.137. The van der Waals surface area contributed by atoms with Crippen molar-refractivity contribution in [3.63, 3.8) is 0 Å². The standard InChI is InChI=1S/C36H48FN5O4/c1-4-7-25(24-46-32-20-27(13-17-39-32)29(21-33(43)44)26-10-11-26)12-16-38-31-9-6-5-8-30(31)36(45)14-18-42(19-15-36)34-40-22-28(23-41-34)35(2,3)37/h5-6,8-9,13,17,20,22-23,25-26,29,38,45H,4,7,10-12,14-16,18-19,21,24H2,1-3H3,(H,43,44). The molecule has 0 bridgehead atoms. The van der Waals surface area contributed by atoms with Crippen LogP contribution in [0.25, 0.3) is 0 Å². The fourth-order valence-corrected chi connectivity index (χ4v) is 6.49. The highest BCUT2D eigenvalue weighted by Gasteiger charge is 2.37. The predicted octanol–water partition coefficient (Wildman–Crippen LogP) is 6.83. The number of rotatable bonds is 16. The van der Waals surface area contributed by atoms with Gasteiger partial charge in [-0.2, -0.15) is 0 Å². The molecule has 0 amide bonds. The number of benzene rings is 1. The summed E-state index contributed by atoms with van der Waals surface area (Å²) in [6.07, 6.45) is 11.1. The molecule has 1 aliphatic carbocycles. The van der Waals surface area contributed by atoms with Crippen molar-refractivity contribution in [2.24, 2.45) is 11.8 Å². The molecule has 2 atom stereocenters. The summed E-state index contributed by atoms with van der Waals surface area (Å²) in [7, 11) is 0. The normalized spacial score (nSPS) is 17.7. The van der Waals surface area contributed by atoms with E-state index in [-0.39, 0.29) is 12.3 Å². The van der Waals surface area contributed by atoms with Crippen LogP contribution >= 0.6 is 0 Å². The molecule has 248 valence electrons. The summed E-state index contributed by atoms with van der Waals surface area (Å²) in [5.41, 5.74) is 0.783. The number of nitrogens with zero attached hydrogens (tertiary/aromatic N) is 4. The third-order valence-electron chi connectivity index (χ3n) is 9.43. The molecule has 2 fully saturated rings. The number of hydrogen-bond acceptors (Lipinski definition) is 8. The summed E-state index contributed by atoms with van der Waals surface area (Å²) < 4.78 is 20.4. The van der Waals surface area contributed by atoms with Gasteiger partial charge in [-0.3, -0.25) is 4.79 Å². The molecule has 3 aromatic rings. The highest BCUT2D eigenvalue weighted by molar-refractivity contribution is 5.68. The van der Waals surface area contributed by atoms with Crippen molar-refractivity contribution in [2.75, 3.05) is 36.5 Å². The minimum absolute atomic E-state index is 0.00976. The number of carboxylic acids is 1. The summed E-state index contributed by atoms with van der Waals surface area (Å²) in [6.45, 7) is 7.59. The maximum Gasteiger partial charge on any atom is 0.303 e. The van der Waals surface area contributed by atoms with Crippen molar-refractivity contribution in [1.82, 2.24) is 15.0 Å². The predicted molar refractivity (Wildman–Crippen MR) is 177 cm³/mol. The van der Waals surface area contributed by atoms with Gasteiger partial charge in [0, 0.05) is 61.1 Å². The van der Waals surface area contributed by atoms with E-state index in [1.807, 2.05) is 41.3 Å². The smallest absolute Gasteiger partial charge is 0.303 e. The molecule has 10 heteroatoms. The second kappa shape index (κ2) is 14.8. The monoisotopic (exact) mass is 633 g/mol. The van der Waals surface area contributed by atoms with Crippen LogP contribution < -0.4 is 15.0 Å². The van der Waals surface area contributed by atoms with Crippen LogP contribution in [-0.4, -0.2) is 57.4 Å². The number of alkyl halides is 1. The number of pyridine rings is 1. The molecule has 2 aliphatic rings. The third kappa shape index (κ3) is 8.72. The van der Waals surface area contributed by atoms with Crippen molar-refractivity contribution in [2.45, 2.75) is 89.3 Å². The van der Waals surface area contributed by atoms with Gasteiger partial charge >= 0.3 is 5.97 Å². The fourth-order valence-electron chi connectivity index (χ4n) is 6.49. The molecular formula is C36H48FN5O4. The molecule has 5 rings (SSSR count). The number of aliphatic carboxylic acids is 1. The first-order valence-corrected chi connectivity index (χ1v) is 16.7. The van der Waals surface area contributed by atoms with Gasteiger partial charge in [-0.1, -0.05) is 31.5 Å². The molecule has 0 radical (unpaired) electrons. The lowest BCUT2D eigenvalue weighted by Gasteiger charge is -2.39. The maximum atomic E-state index is 14.2. The van der Waals surface area contributed by atoms with Crippen molar-refractivity contribution in [1.29, 1.82) is 0 Å². The van der Waals surface area contributed by atoms with E-state index in [0.717, 1.165) is 55.5 Å². The second-order valence-electron chi connectivity index (χ2n) is 13.5. The number of aliphatic hydroxyl groups is 1. The van der Waals surface area contributed by atoms with Gasteiger partial charge in [0.05, 0.1) is 18.6 Å². The Morgan fingerprint density at radius 2 is 1.85 bits per heavy atom. The topological polar surface area (TPSA) is 121 Å². The van der Waals surface area contributed by atoms with E-state index in [1.54, 1.807) is 18.6 Å². The zero-order valence-electron chi connectivity index (χ0n) is 27.3. The summed E-state index contributed by atoms with van der Waals surface area (Å²) in [5.74, 6) is 1.08. The molecule has 3 heterocycles. The number of halogens is 1. The van der Waals surface area contributed by atoms with Crippen LogP contribution in [0.3, 0.4) is 0 Å². The number of hydrogen-bond donors (Lipinski definition) is 3. The second-order valence-corrected chi connectivity index (χ2v) is 13.5. The molecule has 0 spiro atoms. The van der Waals surface area contributed by atoms with Gasteiger partial charge in [-0.25, -0.2) is 19.3 Å². The molecular weight excluding hydrogens is 585 g/mol. The number of aromatic nitrogens is 3. The zero-order chi connectivity index (χ0) is 32.7. The van der Waals surface area contributed by atoms with E-state index in [2.05, 4.69) is 27.2 Å². The van der Waals surface area contributed by atoms with E-state index in [4.69, 9.17) is 4.74 Å². The first-order chi connectivity index (χ1) is 22.1. The fraction of sp³-hybridized carbons (Fsp3) is 0.556. The molecule has 3 N–H and O–H groups in total. The number of nitrogens with one attached hydrogen (secondary N) is 1. The Labute approximate surface area is 271 Å². The minimum atomic E-state index is -1.49. The first-order valence-electron chi connectivity index (χ1n) is 16.7. The van der Waals surface area contributed by atoms with Crippen LogP contribution in [0.1, 0.15) is 94.7 Å². The summed E-state index contributed by atoms with van der Waals surface area (Å²) >= 11 is 0. The Morgan fingerprint density at radius 3 is 2.50 bits per heavy atom. The highest BCUT2D eigenvalue weighted by Crippen LogP contribution is 2.45. The van der Waals surface area contributed by atoms with Gasteiger partial charge in [-0.15, -0.1) is 0 Å². The lowest BCUT2D eigenvalue weighted by atomic mass is 9.83. The van der Waals surface area contributed by atoms with Gasteiger partial charge in [0.1, 0.15) is 5.67 Å². The highest BCUT2D eigenvalue weighted by atomic mass is 19.1. The molecule has 9 nitrogen and oxygen atoms in total. The Kier molecular flexibility index (Phi) is 10.8. The Balaban J connectivity index is 1.15. The largest absolute Gasteiger partial charge is 0.481 e. The quantitative estimate of drug-likeness (QED) is 0.156. The van der Waals surface area contributed by atoms with Crippen molar-refractivity contribution >= 4 is 17.6 Å². The zero-order valence-corrected chi connectivity index (χ0v) is 27.3. The Morgan fingerprint density at radius 1 is 1.13 bits per heavy atom. The number of piperidine rings is 1. The average Bonchev–Trinajstić information content (AvgIpc) is 3.88. The van der Waals surface area contributed by atoms with Gasteiger partial charge in [0.25, 0.3) is 0 Å². The van der Waals surface area contributed by atoms with E-state index >= 15 is 0 Å². The van der Waals surface area contributed by atoms with E-state index in [9.17, 15) is 19.4 Å². The summed E-state index contributed by atoms with van der Waals surface area (Å²) in [4.78, 5) is 26.7. The molecule has 2 unspecified atom stereocenters. The average molecular weight is 634 g/mol. The molecule has 1 saturated heterocycles. The number of carbonyl (C=O) groups is 1.